The zero-order chi connectivity index (χ0) is 15.4. The first-order chi connectivity index (χ1) is 9.97. The van der Waals surface area contributed by atoms with E-state index in [4.69, 9.17) is 0 Å². The number of amides is 2. The highest BCUT2D eigenvalue weighted by molar-refractivity contribution is 5.92. The van der Waals surface area contributed by atoms with Crippen LogP contribution in [-0.4, -0.2) is 30.4 Å². The van der Waals surface area contributed by atoms with Crippen LogP contribution in [0.2, 0.25) is 0 Å². The SMILES string of the molecule is CC(C)CNC(=O)C(C)NC(=O)[C@@H]1Cc2ccccc2N1. The number of carbonyl (C=O) groups is 2. The maximum absolute atomic E-state index is 12.2. The van der Waals surface area contributed by atoms with E-state index in [1.165, 1.54) is 0 Å². The van der Waals surface area contributed by atoms with Crippen molar-refractivity contribution in [2.45, 2.75) is 39.3 Å². The van der Waals surface area contributed by atoms with E-state index in [0.29, 0.717) is 18.9 Å². The number of benzene rings is 1. The molecule has 114 valence electrons. The van der Waals surface area contributed by atoms with E-state index in [2.05, 4.69) is 16.0 Å². The third-order valence-corrected chi connectivity index (χ3v) is 3.52. The largest absolute Gasteiger partial charge is 0.373 e. The van der Waals surface area contributed by atoms with E-state index < -0.39 is 6.04 Å². The van der Waals surface area contributed by atoms with Crippen molar-refractivity contribution in [2.24, 2.45) is 5.92 Å². The summed E-state index contributed by atoms with van der Waals surface area (Å²) < 4.78 is 0. The fraction of sp³-hybridized carbons (Fsp3) is 0.500. The zero-order valence-corrected chi connectivity index (χ0v) is 12.8. The quantitative estimate of drug-likeness (QED) is 0.765. The van der Waals surface area contributed by atoms with Crippen molar-refractivity contribution in [1.29, 1.82) is 0 Å². The summed E-state index contributed by atoms with van der Waals surface area (Å²) in [4.78, 5) is 24.1. The lowest BCUT2D eigenvalue weighted by Crippen LogP contribution is -2.49. The molecule has 1 aromatic rings. The van der Waals surface area contributed by atoms with Crippen LogP contribution in [0.5, 0.6) is 0 Å². The van der Waals surface area contributed by atoms with Gasteiger partial charge in [-0.25, -0.2) is 0 Å². The number of hydrogen-bond acceptors (Lipinski definition) is 3. The van der Waals surface area contributed by atoms with Crippen molar-refractivity contribution in [3.05, 3.63) is 29.8 Å². The van der Waals surface area contributed by atoms with E-state index in [1.807, 2.05) is 38.1 Å². The van der Waals surface area contributed by atoms with E-state index in [9.17, 15) is 9.59 Å². The fourth-order valence-electron chi connectivity index (χ4n) is 2.29. The van der Waals surface area contributed by atoms with Crippen molar-refractivity contribution in [2.75, 3.05) is 11.9 Å². The molecule has 0 aliphatic carbocycles. The predicted molar refractivity (Wildman–Crippen MR) is 83.0 cm³/mol. The normalized spacial score (nSPS) is 17.8. The van der Waals surface area contributed by atoms with E-state index in [1.54, 1.807) is 6.92 Å². The average Bonchev–Trinajstić information content (AvgIpc) is 2.88. The van der Waals surface area contributed by atoms with Gasteiger partial charge in [-0.2, -0.15) is 0 Å². The molecule has 2 rings (SSSR count). The van der Waals surface area contributed by atoms with Gasteiger partial charge in [-0.05, 0) is 24.5 Å². The monoisotopic (exact) mass is 289 g/mol. The van der Waals surface area contributed by atoms with E-state index in [-0.39, 0.29) is 17.9 Å². The van der Waals surface area contributed by atoms with Crippen molar-refractivity contribution in [1.82, 2.24) is 10.6 Å². The summed E-state index contributed by atoms with van der Waals surface area (Å²) in [6.07, 6.45) is 0.655. The Balaban J connectivity index is 1.84. The van der Waals surface area contributed by atoms with Crippen LogP contribution in [-0.2, 0) is 16.0 Å². The van der Waals surface area contributed by atoms with Gasteiger partial charge in [0.2, 0.25) is 11.8 Å². The summed E-state index contributed by atoms with van der Waals surface area (Å²) in [6.45, 7) is 6.38. The van der Waals surface area contributed by atoms with Crippen LogP contribution in [0, 0.1) is 5.92 Å². The highest BCUT2D eigenvalue weighted by Crippen LogP contribution is 2.25. The van der Waals surface area contributed by atoms with Crippen molar-refractivity contribution < 1.29 is 9.59 Å². The molecule has 0 radical (unpaired) electrons. The number of rotatable bonds is 5. The van der Waals surface area contributed by atoms with Crippen molar-refractivity contribution in [3.63, 3.8) is 0 Å². The van der Waals surface area contributed by atoms with Gasteiger partial charge >= 0.3 is 0 Å². The van der Waals surface area contributed by atoms with Crippen LogP contribution in [0.25, 0.3) is 0 Å². The molecule has 0 bridgehead atoms. The van der Waals surface area contributed by atoms with Gasteiger partial charge < -0.3 is 16.0 Å². The Bertz CT molecular complexity index is 503. The zero-order valence-electron chi connectivity index (χ0n) is 12.8. The Hall–Kier alpha value is -2.04. The molecular weight excluding hydrogens is 266 g/mol. The van der Waals surface area contributed by atoms with Crippen LogP contribution in [0.4, 0.5) is 5.69 Å². The maximum atomic E-state index is 12.2. The molecule has 0 spiro atoms. The van der Waals surface area contributed by atoms with Gasteiger partial charge in [0.05, 0.1) is 0 Å². The number of hydrogen-bond donors (Lipinski definition) is 3. The standard InChI is InChI=1S/C16H23N3O2/c1-10(2)9-17-15(20)11(3)18-16(21)14-8-12-6-4-5-7-13(12)19-14/h4-7,10-11,14,19H,8-9H2,1-3H3,(H,17,20)(H,18,21)/t11?,14-/m0/s1. The van der Waals surface area contributed by atoms with Gasteiger partial charge in [0.15, 0.2) is 0 Å². The lowest BCUT2D eigenvalue weighted by Gasteiger charge is -2.18. The van der Waals surface area contributed by atoms with E-state index in [0.717, 1.165) is 11.3 Å². The molecule has 0 fully saturated rings. The first-order valence-electron chi connectivity index (χ1n) is 7.40. The lowest BCUT2D eigenvalue weighted by molar-refractivity contribution is -0.128. The Kier molecular flexibility index (Phi) is 4.83. The lowest BCUT2D eigenvalue weighted by atomic mass is 10.1. The van der Waals surface area contributed by atoms with Crippen molar-refractivity contribution in [3.8, 4) is 0 Å². The minimum absolute atomic E-state index is 0.140. The minimum Gasteiger partial charge on any atom is -0.373 e. The highest BCUT2D eigenvalue weighted by atomic mass is 16.2. The molecule has 2 amide bonds. The molecule has 1 aromatic carbocycles. The minimum atomic E-state index is -0.526. The number of nitrogens with one attached hydrogen (secondary N) is 3. The third-order valence-electron chi connectivity index (χ3n) is 3.52. The Labute approximate surface area is 125 Å². The van der Waals surface area contributed by atoms with Crippen LogP contribution in [0.3, 0.4) is 0 Å². The molecule has 1 heterocycles. The molecule has 0 saturated carbocycles. The van der Waals surface area contributed by atoms with Gasteiger partial charge in [0.1, 0.15) is 12.1 Å². The van der Waals surface area contributed by atoms with Crippen LogP contribution >= 0.6 is 0 Å². The van der Waals surface area contributed by atoms with Gasteiger partial charge in [0, 0.05) is 18.7 Å². The Morgan fingerprint density at radius 3 is 2.67 bits per heavy atom. The molecule has 1 aliphatic heterocycles. The molecular formula is C16H23N3O2. The average molecular weight is 289 g/mol. The van der Waals surface area contributed by atoms with Gasteiger partial charge in [-0.15, -0.1) is 0 Å². The number of fused-ring (bicyclic) bond motifs is 1. The molecule has 3 N–H and O–H groups in total. The Morgan fingerprint density at radius 1 is 1.29 bits per heavy atom. The highest BCUT2D eigenvalue weighted by Gasteiger charge is 2.28. The first kappa shape index (κ1) is 15.4. The van der Waals surface area contributed by atoms with Crippen LogP contribution in [0.1, 0.15) is 26.3 Å². The summed E-state index contributed by atoms with van der Waals surface area (Å²) in [5, 5.41) is 8.77. The second-order valence-corrected chi connectivity index (χ2v) is 5.93. The molecule has 5 heteroatoms. The maximum Gasteiger partial charge on any atom is 0.243 e. The summed E-state index contributed by atoms with van der Waals surface area (Å²) in [5.41, 5.74) is 2.13. The van der Waals surface area contributed by atoms with E-state index >= 15 is 0 Å². The Morgan fingerprint density at radius 2 is 2.00 bits per heavy atom. The van der Waals surface area contributed by atoms with Crippen molar-refractivity contribution >= 4 is 17.5 Å². The van der Waals surface area contributed by atoms with Gasteiger partial charge in [-0.3, -0.25) is 9.59 Å². The molecule has 5 nitrogen and oxygen atoms in total. The number of para-hydroxylation sites is 1. The first-order valence-corrected chi connectivity index (χ1v) is 7.40. The molecule has 1 aliphatic rings. The molecule has 1 unspecified atom stereocenters. The second kappa shape index (κ2) is 6.61. The van der Waals surface area contributed by atoms with Gasteiger partial charge in [-0.1, -0.05) is 32.0 Å². The molecule has 0 aromatic heterocycles. The van der Waals surface area contributed by atoms with Crippen LogP contribution < -0.4 is 16.0 Å². The summed E-state index contributed by atoms with van der Waals surface area (Å²) in [7, 11) is 0. The second-order valence-electron chi connectivity index (χ2n) is 5.93. The molecule has 2 atom stereocenters. The summed E-state index contributed by atoms with van der Waals surface area (Å²) in [5.74, 6) is 0.105. The van der Waals surface area contributed by atoms with Crippen LogP contribution in [0.15, 0.2) is 24.3 Å². The fourth-order valence-corrected chi connectivity index (χ4v) is 2.29. The third kappa shape index (κ3) is 3.97. The smallest absolute Gasteiger partial charge is 0.243 e. The number of anilines is 1. The van der Waals surface area contributed by atoms with Gasteiger partial charge in [0.25, 0.3) is 0 Å². The predicted octanol–water partition coefficient (Wildman–Crippen LogP) is 1.30. The molecule has 21 heavy (non-hydrogen) atoms. The number of carbonyl (C=O) groups excluding carboxylic acids is 2. The molecule has 0 saturated heterocycles. The summed E-state index contributed by atoms with van der Waals surface area (Å²) in [6, 6.07) is 7.04. The summed E-state index contributed by atoms with van der Waals surface area (Å²) >= 11 is 0. The topological polar surface area (TPSA) is 70.2 Å².